The minimum atomic E-state index is -3.90. The Morgan fingerprint density at radius 3 is 2.65 bits per heavy atom. The predicted molar refractivity (Wildman–Crippen MR) is 133 cm³/mol. The maximum Gasteiger partial charge on any atom is 0.262 e. The number of rotatable bonds is 9. The Morgan fingerprint density at radius 1 is 1.18 bits per heavy atom. The lowest BCUT2D eigenvalue weighted by Gasteiger charge is -2.34. The molecular weight excluding hydrogens is 454 g/mol. The van der Waals surface area contributed by atoms with Crippen molar-refractivity contribution in [2.24, 2.45) is 5.92 Å². The minimum Gasteiger partial charge on any atom is -0.493 e. The van der Waals surface area contributed by atoms with Crippen molar-refractivity contribution in [3.8, 4) is 11.5 Å². The molecule has 9 heteroatoms. The van der Waals surface area contributed by atoms with E-state index in [4.69, 9.17) is 9.47 Å². The highest BCUT2D eigenvalue weighted by Gasteiger charge is 2.30. The molecule has 1 fully saturated rings. The van der Waals surface area contributed by atoms with Gasteiger partial charge in [0.05, 0.1) is 19.1 Å². The molecule has 2 aromatic rings. The minimum absolute atomic E-state index is 0.0360. The molecular formula is C25H35N3O5S. The normalized spacial score (nSPS) is 17.5. The maximum absolute atomic E-state index is 13.5. The van der Waals surface area contributed by atoms with E-state index in [-0.39, 0.29) is 16.8 Å². The number of ether oxygens (including phenoxy) is 2. The van der Waals surface area contributed by atoms with Crippen LogP contribution in [0.2, 0.25) is 0 Å². The molecule has 0 aromatic heterocycles. The lowest BCUT2D eigenvalue weighted by atomic mass is 9.95. The topological polar surface area (TPSA) is 97.0 Å². The molecule has 0 aliphatic carbocycles. The summed E-state index contributed by atoms with van der Waals surface area (Å²) in [7, 11) is -0.961. The first kappa shape index (κ1) is 25.8. The monoisotopic (exact) mass is 489 g/mol. The summed E-state index contributed by atoms with van der Waals surface area (Å²) in [6.07, 6.45) is 2.99. The number of benzene rings is 2. The van der Waals surface area contributed by atoms with Gasteiger partial charge in [0, 0.05) is 36.4 Å². The second-order valence-electron chi connectivity index (χ2n) is 8.59. The Labute approximate surface area is 202 Å². The third kappa shape index (κ3) is 6.01. The van der Waals surface area contributed by atoms with Crippen molar-refractivity contribution in [1.29, 1.82) is 0 Å². The van der Waals surface area contributed by atoms with Crippen LogP contribution in [-0.4, -0.2) is 59.1 Å². The van der Waals surface area contributed by atoms with Crippen LogP contribution in [0.1, 0.15) is 43.5 Å². The first-order valence-corrected chi connectivity index (χ1v) is 13.2. The van der Waals surface area contributed by atoms with E-state index in [1.165, 1.54) is 26.4 Å². The van der Waals surface area contributed by atoms with Crippen LogP contribution < -0.4 is 19.5 Å². The molecule has 3 rings (SSSR count). The fraction of sp³-hybridized carbons (Fsp3) is 0.480. The quantitative estimate of drug-likeness (QED) is 0.557. The van der Waals surface area contributed by atoms with E-state index in [2.05, 4.69) is 23.9 Å². The molecule has 2 aromatic carbocycles. The van der Waals surface area contributed by atoms with Crippen LogP contribution >= 0.6 is 0 Å². The van der Waals surface area contributed by atoms with Crippen LogP contribution in [0.15, 0.2) is 47.4 Å². The molecule has 0 bridgehead atoms. The molecule has 0 radical (unpaired) electrons. The number of hydrogen-bond donors (Lipinski definition) is 2. The number of nitrogens with zero attached hydrogens (tertiary/aromatic N) is 1. The van der Waals surface area contributed by atoms with E-state index < -0.39 is 10.0 Å². The lowest BCUT2D eigenvalue weighted by molar-refractivity contribution is 0.0630. The third-order valence-electron chi connectivity index (χ3n) is 6.20. The van der Waals surface area contributed by atoms with Gasteiger partial charge in [-0.2, -0.15) is 0 Å². The van der Waals surface area contributed by atoms with Gasteiger partial charge in [0.15, 0.2) is 11.5 Å². The van der Waals surface area contributed by atoms with E-state index in [1.807, 2.05) is 4.90 Å². The SMILES string of the molecule is CCCC(C)C1CNCCCN1C(=O)c1cccc(NS(=O)(=O)c2ccc(OC)c(OC)c2)c1. The van der Waals surface area contributed by atoms with Crippen LogP contribution in [0.4, 0.5) is 5.69 Å². The molecule has 2 N–H and O–H groups in total. The van der Waals surface area contributed by atoms with Crippen LogP contribution in [0, 0.1) is 5.92 Å². The van der Waals surface area contributed by atoms with Gasteiger partial charge in [0.2, 0.25) is 0 Å². The molecule has 1 aliphatic rings. The molecule has 2 atom stereocenters. The van der Waals surface area contributed by atoms with Gasteiger partial charge < -0.3 is 19.7 Å². The number of carbonyl (C=O) groups is 1. The Hall–Kier alpha value is -2.78. The molecule has 0 spiro atoms. The summed E-state index contributed by atoms with van der Waals surface area (Å²) in [5.74, 6) is 1.04. The van der Waals surface area contributed by atoms with Crippen LogP contribution in [0.3, 0.4) is 0 Å². The van der Waals surface area contributed by atoms with Crippen LogP contribution in [0.25, 0.3) is 0 Å². The molecule has 1 heterocycles. The van der Waals surface area contributed by atoms with Gasteiger partial charge in [-0.15, -0.1) is 0 Å². The van der Waals surface area contributed by atoms with E-state index in [9.17, 15) is 13.2 Å². The molecule has 1 saturated heterocycles. The standard InChI is InChI=1S/C25H35N3O5S/c1-5-8-18(2)22-17-26-13-7-14-28(22)25(29)19-9-6-10-20(15-19)27-34(30,31)21-11-12-23(32-3)24(16-21)33-4/h6,9-12,15-16,18,22,26-27H,5,7-8,13-14,17H2,1-4H3. The van der Waals surface area contributed by atoms with E-state index in [0.717, 1.165) is 32.4 Å². The molecule has 186 valence electrons. The number of amides is 1. The lowest BCUT2D eigenvalue weighted by Crippen LogP contribution is -2.47. The molecule has 8 nitrogen and oxygen atoms in total. The highest BCUT2D eigenvalue weighted by Crippen LogP contribution is 2.30. The zero-order valence-electron chi connectivity index (χ0n) is 20.3. The number of hydrogen-bond acceptors (Lipinski definition) is 6. The number of carbonyl (C=O) groups excluding carboxylic acids is 1. The van der Waals surface area contributed by atoms with Crippen LogP contribution in [0.5, 0.6) is 11.5 Å². The predicted octanol–water partition coefficient (Wildman–Crippen LogP) is 3.74. The van der Waals surface area contributed by atoms with Crippen LogP contribution in [-0.2, 0) is 10.0 Å². The Kier molecular flexibility index (Phi) is 8.79. The highest BCUT2D eigenvalue weighted by atomic mass is 32.2. The zero-order valence-corrected chi connectivity index (χ0v) is 21.2. The van der Waals surface area contributed by atoms with E-state index in [0.29, 0.717) is 35.2 Å². The summed E-state index contributed by atoms with van der Waals surface area (Å²) in [5, 5.41) is 3.45. The second-order valence-corrected chi connectivity index (χ2v) is 10.3. The molecule has 0 saturated carbocycles. The van der Waals surface area contributed by atoms with Crippen molar-refractivity contribution >= 4 is 21.6 Å². The second kappa shape index (κ2) is 11.6. The van der Waals surface area contributed by atoms with Gasteiger partial charge in [-0.25, -0.2) is 8.42 Å². The Bertz CT molecular complexity index is 1090. The van der Waals surface area contributed by atoms with Crippen molar-refractivity contribution in [2.45, 2.75) is 44.0 Å². The molecule has 2 unspecified atom stereocenters. The van der Waals surface area contributed by atoms with Gasteiger partial charge in [0.25, 0.3) is 15.9 Å². The summed E-state index contributed by atoms with van der Waals surface area (Å²) >= 11 is 0. The summed E-state index contributed by atoms with van der Waals surface area (Å²) in [5.41, 5.74) is 0.787. The van der Waals surface area contributed by atoms with Crippen molar-refractivity contribution in [2.75, 3.05) is 38.6 Å². The summed E-state index contributed by atoms with van der Waals surface area (Å²) in [6, 6.07) is 11.1. The average Bonchev–Trinajstić information content (AvgIpc) is 3.09. The van der Waals surface area contributed by atoms with Gasteiger partial charge >= 0.3 is 0 Å². The number of anilines is 1. The Balaban J connectivity index is 1.84. The Morgan fingerprint density at radius 2 is 1.94 bits per heavy atom. The fourth-order valence-corrected chi connectivity index (χ4v) is 5.45. The number of methoxy groups -OCH3 is 2. The number of sulfonamides is 1. The van der Waals surface area contributed by atoms with E-state index >= 15 is 0 Å². The van der Waals surface area contributed by atoms with Crippen molar-refractivity contribution < 1.29 is 22.7 Å². The summed E-state index contributed by atoms with van der Waals surface area (Å²) in [4.78, 5) is 15.5. The fourth-order valence-electron chi connectivity index (χ4n) is 4.39. The zero-order chi connectivity index (χ0) is 24.7. The summed E-state index contributed by atoms with van der Waals surface area (Å²) < 4.78 is 39.0. The van der Waals surface area contributed by atoms with Gasteiger partial charge in [0.1, 0.15) is 0 Å². The summed E-state index contributed by atoms with van der Waals surface area (Å²) in [6.45, 7) is 6.66. The first-order valence-electron chi connectivity index (χ1n) is 11.7. The van der Waals surface area contributed by atoms with E-state index in [1.54, 1.807) is 30.3 Å². The molecule has 1 amide bonds. The first-order chi connectivity index (χ1) is 16.3. The largest absolute Gasteiger partial charge is 0.493 e. The highest BCUT2D eigenvalue weighted by molar-refractivity contribution is 7.92. The van der Waals surface area contributed by atoms with Gasteiger partial charge in [-0.3, -0.25) is 9.52 Å². The van der Waals surface area contributed by atoms with Gasteiger partial charge in [-0.1, -0.05) is 26.3 Å². The van der Waals surface area contributed by atoms with Crippen molar-refractivity contribution in [3.05, 3.63) is 48.0 Å². The molecule has 1 aliphatic heterocycles. The van der Waals surface area contributed by atoms with Crippen molar-refractivity contribution in [1.82, 2.24) is 10.2 Å². The van der Waals surface area contributed by atoms with Gasteiger partial charge in [-0.05, 0) is 55.6 Å². The van der Waals surface area contributed by atoms with Crippen molar-refractivity contribution in [3.63, 3.8) is 0 Å². The molecule has 34 heavy (non-hydrogen) atoms. The maximum atomic E-state index is 13.5. The number of nitrogens with one attached hydrogen (secondary N) is 2. The smallest absolute Gasteiger partial charge is 0.262 e. The third-order valence-corrected chi connectivity index (χ3v) is 7.57. The average molecular weight is 490 g/mol.